The van der Waals surface area contributed by atoms with Crippen LogP contribution in [0.1, 0.15) is 58.2 Å². The van der Waals surface area contributed by atoms with Gasteiger partial charge in [0.25, 0.3) is 6.71 Å². The van der Waals surface area contributed by atoms with E-state index >= 15 is 0 Å². The molecular formula is C71H55BN2O2S2. The Morgan fingerprint density at radius 3 is 1.24 bits per heavy atom. The van der Waals surface area contributed by atoms with E-state index in [1.165, 1.54) is 74.6 Å². The van der Waals surface area contributed by atoms with Crippen LogP contribution in [0.5, 0.6) is 0 Å². The topological polar surface area (TPSA) is 32.8 Å². The van der Waals surface area contributed by atoms with E-state index < -0.39 is 0 Å². The third-order valence-electron chi connectivity index (χ3n) is 16.2. The van der Waals surface area contributed by atoms with Gasteiger partial charge in [0.1, 0.15) is 22.7 Å². The minimum atomic E-state index is -0.0668. The predicted octanol–water partition coefficient (Wildman–Crippen LogP) is 19.3. The van der Waals surface area contributed by atoms with Gasteiger partial charge in [-0.1, -0.05) is 175 Å². The van der Waals surface area contributed by atoms with E-state index in [0.29, 0.717) is 0 Å². The quantitative estimate of drug-likeness (QED) is 0.155. The first-order chi connectivity index (χ1) is 37.8. The second-order valence-corrected chi connectivity index (χ2v) is 25.5. The van der Waals surface area contributed by atoms with Gasteiger partial charge in [-0.05, 0) is 124 Å². The summed E-state index contributed by atoms with van der Waals surface area (Å²) >= 11 is 3.92. The number of nitrogens with zero attached hydrogens (tertiary/aromatic N) is 2. The average molecular weight is 1040 g/mol. The average Bonchev–Trinajstić information content (AvgIpc) is 4.13. The second kappa shape index (κ2) is 17.3. The van der Waals surface area contributed by atoms with E-state index in [2.05, 4.69) is 252 Å². The number of thiophene rings is 2. The van der Waals surface area contributed by atoms with Crippen molar-refractivity contribution in [3.05, 3.63) is 223 Å². The van der Waals surface area contributed by atoms with Crippen LogP contribution in [0.3, 0.4) is 0 Å². The van der Waals surface area contributed by atoms with E-state index in [0.717, 1.165) is 78.2 Å². The van der Waals surface area contributed by atoms with Crippen LogP contribution in [-0.2, 0) is 10.8 Å². The largest absolute Gasteiger partial charge is 0.456 e. The number of anilines is 6. The maximum atomic E-state index is 6.71. The molecule has 4 nitrogen and oxygen atoms in total. The molecule has 2 aliphatic heterocycles. The molecule has 0 amide bonds. The molecule has 0 spiro atoms. The first kappa shape index (κ1) is 46.9. The zero-order chi connectivity index (χ0) is 52.8. The summed E-state index contributed by atoms with van der Waals surface area (Å²) < 4.78 is 18.7. The van der Waals surface area contributed by atoms with Gasteiger partial charge in [0.05, 0.1) is 22.7 Å². The fourth-order valence-electron chi connectivity index (χ4n) is 12.3. The van der Waals surface area contributed by atoms with Gasteiger partial charge in [0, 0.05) is 74.1 Å². The molecule has 78 heavy (non-hydrogen) atoms. The van der Waals surface area contributed by atoms with Crippen molar-refractivity contribution in [2.75, 3.05) is 9.80 Å². The van der Waals surface area contributed by atoms with E-state index in [4.69, 9.17) is 8.83 Å². The van der Waals surface area contributed by atoms with E-state index in [1.807, 2.05) is 34.8 Å². The summed E-state index contributed by atoms with van der Waals surface area (Å²) in [5.41, 5.74) is 20.5. The molecule has 0 radical (unpaired) electrons. The lowest BCUT2D eigenvalue weighted by Gasteiger charge is -2.43. The van der Waals surface area contributed by atoms with Crippen LogP contribution in [-0.4, -0.2) is 6.71 Å². The number of para-hydroxylation sites is 2. The van der Waals surface area contributed by atoms with Crippen molar-refractivity contribution in [3.8, 4) is 44.9 Å². The van der Waals surface area contributed by atoms with Gasteiger partial charge < -0.3 is 18.6 Å². The molecule has 0 aliphatic carbocycles. The number of fused-ring (bicyclic) bond motifs is 10. The summed E-state index contributed by atoms with van der Waals surface area (Å²) in [4.78, 5) is 5.29. The molecule has 9 aromatic carbocycles. The SMILES string of the molecule is Cc1cc2c3c(c1)N(c1cc(-c4cc5ccccc5o4)ccc1-c1ccccc1)c1c(sc4ccc(C(C)(C)C)cc14)B3c1sc3ccc(C(C)(C)C)cc3c1N2c1cc(-c2cc3ccccc3o2)ccc1-c1ccccc1. The lowest BCUT2D eigenvalue weighted by molar-refractivity contribution is 0.591. The van der Waals surface area contributed by atoms with Gasteiger partial charge in [-0.25, -0.2) is 0 Å². The molecule has 376 valence electrons. The molecule has 15 rings (SSSR count). The minimum absolute atomic E-state index is 0.0588. The van der Waals surface area contributed by atoms with Crippen molar-refractivity contribution in [1.29, 1.82) is 0 Å². The molecule has 13 aromatic rings. The fraction of sp³-hybridized carbons (Fsp3) is 0.127. The normalized spacial score (nSPS) is 13.2. The molecule has 0 N–H and O–H groups in total. The zero-order valence-corrected chi connectivity index (χ0v) is 46.4. The summed E-state index contributed by atoms with van der Waals surface area (Å²) in [6.45, 7) is 16.2. The molecule has 7 heteroatoms. The molecule has 0 atom stereocenters. The Kier molecular flexibility index (Phi) is 10.4. The number of rotatable bonds is 6. The van der Waals surface area contributed by atoms with Gasteiger partial charge >= 0.3 is 0 Å². The highest BCUT2D eigenvalue weighted by molar-refractivity contribution is 7.40. The molecule has 0 saturated heterocycles. The molecular weight excluding hydrogens is 988 g/mol. The first-order valence-electron chi connectivity index (χ1n) is 27.1. The zero-order valence-electron chi connectivity index (χ0n) is 44.7. The van der Waals surface area contributed by atoms with Gasteiger partial charge in [-0.15, -0.1) is 22.7 Å². The second-order valence-electron chi connectivity index (χ2n) is 23.4. The summed E-state index contributed by atoms with van der Waals surface area (Å²) in [6, 6.07) is 76.2. The Labute approximate surface area is 463 Å². The van der Waals surface area contributed by atoms with Crippen molar-refractivity contribution >= 4 is 121 Å². The van der Waals surface area contributed by atoms with Gasteiger partial charge in [-0.3, -0.25) is 0 Å². The maximum absolute atomic E-state index is 6.71. The van der Waals surface area contributed by atoms with E-state index in [9.17, 15) is 0 Å². The van der Waals surface area contributed by atoms with Crippen LogP contribution in [0, 0.1) is 6.92 Å². The minimum Gasteiger partial charge on any atom is -0.456 e. The number of aryl methyl sites for hydroxylation is 1. The predicted molar refractivity (Wildman–Crippen MR) is 335 cm³/mol. The van der Waals surface area contributed by atoms with Crippen molar-refractivity contribution < 1.29 is 8.83 Å². The van der Waals surface area contributed by atoms with Crippen LogP contribution in [0.25, 0.3) is 87.0 Å². The first-order valence-corrected chi connectivity index (χ1v) is 28.7. The Hall–Kier alpha value is -8.36. The summed E-state index contributed by atoms with van der Waals surface area (Å²) in [6.07, 6.45) is 0. The lowest BCUT2D eigenvalue weighted by atomic mass is 9.39. The van der Waals surface area contributed by atoms with Crippen LogP contribution in [0.2, 0.25) is 0 Å². The monoisotopic (exact) mass is 1040 g/mol. The third kappa shape index (κ3) is 7.39. The third-order valence-corrected chi connectivity index (χ3v) is 18.6. The molecule has 0 saturated carbocycles. The van der Waals surface area contributed by atoms with Crippen LogP contribution < -0.4 is 24.8 Å². The van der Waals surface area contributed by atoms with Crippen molar-refractivity contribution in [2.24, 2.45) is 0 Å². The summed E-state index contributed by atoms with van der Waals surface area (Å²) in [7, 11) is 0. The van der Waals surface area contributed by atoms with E-state index in [1.54, 1.807) is 0 Å². The standard InChI is InChI=1S/C71H55BN2O2S2/c1-42-34-57-65-58(35-42)74(56-37-48(27-31-52(56)44-20-12-9-13-21-44)62-39-46-23-15-17-25-60(46)76-62)67-54-41-50(71(5,6)7)29-33-64(54)78-69(67)72(65)68-66(53-40-49(70(2,3)4)28-32-63(53)77-68)73(57)55-36-47(26-30-51(55)43-18-10-8-11-19-43)61-38-45-22-14-16-24-59(45)75-61/h8-41H,1-7H3. The van der Waals surface area contributed by atoms with Gasteiger partial charge in [0.15, 0.2) is 0 Å². The smallest absolute Gasteiger partial charge is 0.277 e. The van der Waals surface area contributed by atoms with Crippen molar-refractivity contribution in [1.82, 2.24) is 0 Å². The van der Waals surface area contributed by atoms with Gasteiger partial charge in [0.2, 0.25) is 0 Å². The Balaban J connectivity index is 1.08. The fourth-order valence-corrected chi connectivity index (χ4v) is 14.9. The summed E-state index contributed by atoms with van der Waals surface area (Å²) in [5, 5.41) is 4.72. The molecule has 0 fully saturated rings. The molecule has 6 heterocycles. The summed E-state index contributed by atoms with van der Waals surface area (Å²) in [5.74, 6) is 1.69. The Bertz CT molecular complexity index is 4210. The van der Waals surface area contributed by atoms with Crippen molar-refractivity contribution in [2.45, 2.75) is 59.3 Å². The Morgan fingerprint density at radius 2 is 0.821 bits per heavy atom. The molecule has 0 unspecified atom stereocenters. The van der Waals surface area contributed by atoms with E-state index in [-0.39, 0.29) is 17.5 Å². The highest BCUT2D eigenvalue weighted by Crippen LogP contribution is 2.55. The van der Waals surface area contributed by atoms with Crippen LogP contribution in [0.4, 0.5) is 34.1 Å². The number of furan rings is 2. The Morgan fingerprint density at radius 1 is 0.397 bits per heavy atom. The van der Waals surface area contributed by atoms with Gasteiger partial charge in [-0.2, -0.15) is 0 Å². The number of hydrogen-bond donors (Lipinski definition) is 0. The molecule has 2 aliphatic rings. The molecule has 0 bridgehead atoms. The molecule has 4 aromatic heterocycles. The highest BCUT2D eigenvalue weighted by atomic mass is 32.1. The van der Waals surface area contributed by atoms with Crippen molar-refractivity contribution in [3.63, 3.8) is 0 Å². The lowest BCUT2D eigenvalue weighted by Crippen LogP contribution is -2.59. The number of benzene rings is 9. The van der Waals surface area contributed by atoms with Crippen LogP contribution in [0.15, 0.2) is 215 Å². The van der Waals surface area contributed by atoms with Crippen LogP contribution >= 0.6 is 22.7 Å². The number of hydrogen-bond acceptors (Lipinski definition) is 6. The maximum Gasteiger partial charge on any atom is 0.277 e. The highest BCUT2D eigenvalue weighted by Gasteiger charge is 2.48.